The van der Waals surface area contributed by atoms with Gasteiger partial charge >= 0.3 is 0 Å². The summed E-state index contributed by atoms with van der Waals surface area (Å²) < 4.78 is 0. The number of rotatable bonds is 4. The smallest absolute Gasteiger partial charge is 0.219 e. The van der Waals surface area contributed by atoms with Gasteiger partial charge in [-0.3, -0.25) is 9.69 Å². The molecule has 0 spiro atoms. The van der Waals surface area contributed by atoms with E-state index in [0.717, 1.165) is 19.0 Å². The van der Waals surface area contributed by atoms with E-state index in [-0.39, 0.29) is 11.3 Å². The zero-order valence-electron chi connectivity index (χ0n) is 16.4. The first-order chi connectivity index (χ1) is 11.9. The lowest BCUT2D eigenvalue weighted by Crippen LogP contribution is -2.43. The molecule has 0 aromatic heterocycles. The Labute approximate surface area is 153 Å². The largest absolute Gasteiger partial charge is 0.343 e. The third-order valence-corrected chi connectivity index (χ3v) is 6.47. The Morgan fingerprint density at radius 1 is 1.20 bits per heavy atom. The number of amides is 1. The van der Waals surface area contributed by atoms with E-state index in [4.69, 9.17) is 0 Å². The van der Waals surface area contributed by atoms with Crippen LogP contribution >= 0.6 is 0 Å². The molecule has 1 heterocycles. The normalized spacial score (nSPS) is 26.1. The van der Waals surface area contributed by atoms with Crippen LogP contribution in [-0.4, -0.2) is 41.9 Å². The van der Waals surface area contributed by atoms with Crippen molar-refractivity contribution in [2.75, 3.05) is 20.1 Å². The first-order valence-corrected chi connectivity index (χ1v) is 9.91. The van der Waals surface area contributed by atoms with Crippen molar-refractivity contribution in [1.82, 2.24) is 9.80 Å². The maximum Gasteiger partial charge on any atom is 0.219 e. The maximum atomic E-state index is 11.5. The lowest BCUT2D eigenvalue weighted by atomic mass is 9.78. The molecule has 1 aliphatic carbocycles. The van der Waals surface area contributed by atoms with Gasteiger partial charge in [0.2, 0.25) is 5.91 Å². The van der Waals surface area contributed by atoms with Gasteiger partial charge in [-0.1, -0.05) is 38.1 Å². The summed E-state index contributed by atoms with van der Waals surface area (Å²) in [6, 6.07) is 9.42. The molecule has 0 atom stereocenters. The van der Waals surface area contributed by atoms with E-state index in [1.54, 1.807) is 6.92 Å². The summed E-state index contributed by atoms with van der Waals surface area (Å²) in [5.41, 5.74) is 3.28. The summed E-state index contributed by atoms with van der Waals surface area (Å²) in [7, 11) is 1.96. The Morgan fingerprint density at radius 2 is 1.88 bits per heavy atom. The van der Waals surface area contributed by atoms with Crippen LogP contribution in [0.15, 0.2) is 24.3 Å². The van der Waals surface area contributed by atoms with Gasteiger partial charge in [0, 0.05) is 38.5 Å². The molecule has 25 heavy (non-hydrogen) atoms. The van der Waals surface area contributed by atoms with Crippen LogP contribution in [0.25, 0.3) is 0 Å². The average Bonchev–Trinajstić information content (AvgIpc) is 2.59. The highest BCUT2D eigenvalue weighted by molar-refractivity contribution is 5.73. The van der Waals surface area contributed by atoms with Crippen LogP contribution in [0.4, 0.5) is 0 Å². The first kappa shape index (κ1) is 18.4. The van der Waals surface area contributed by atoms with Crippen molar-refractivity contribution >= 4 is 5.91 Å². The molecule has 3 heteroatoms. The van der Waals surface area contributed by atoms with Crippen molar-refractivity contribution in [3.63, 3.8) is 0 Å². The Hall–Kier alpha value is -1.35. The van der Waals surface area contributed by atoms with Crippen LogP contribution in [0.3, 0.4) is 0 Å². The summed E-state index contributed by atoms with van der Waals surface area (Å²) >= 11 is 0. The van der Waals surface area contributed by atoms with Gasteiger partial charge in [0.05, 0.1) is 0 Å². The summed E-state index contributed by atoms with van der Waals surface area (Å²) in [5.74, 6) is 1.04. The van der Waals surface area contributed by atoms with Crippen LogP contribution in [0, 0.1) is 5.92 Å². The van der Waals surface area contributed by atoms with Crippen LogP contribution in [0.1, 0.15) is 64.0 Å². The summed E-state index contributed by atoms with van der Waals surface area (Å²) in [5, 5.41) is 0. The van der Waals surface area contributed by atoms with Crippen molar-refractivity contribution in [2.45, 2.75) is 70.9 Å². The fourth-order valence-electron chi connectivity index (χ4n) is 4.86. The Bertz CT molecular complexity index is 602. The van der Waals surface area contributed by atoms with Crippen LogP contribution in [0.5, 0.6) is 0 Å². The molecule has 3 rings (SSSR count). The fraction of sp³-hybridized carbons (Fsp3) is 0.682. The Kier molecular flexibility index (Phi) is 5.52. The second kappa shape index (κ2) is 7.49. The number of hydrogen-bond donors (Lipinski definition) is 0. The SMILES string of the molecule is CC(=O)N(C)C1CCC(CCN2Cc3ccccc3C(C)(C)C2)CC1. The standard InChI is InChI=1S/C22H34N2O/c1-17(25)23(4)20-11-9-18(10-12-20)13-14-24-15-19-7-5-6-8-21(19)22(2,3)16-24/h5-8,18,20H,9-16H2,1-4H3. The lowest BCUT2D eigenvalue weighted by Gasteiger charge is -2.41. The number of benzene rings is 1. The molecular formula is C22H34N2O. The van der Waals surface area contributed by atoms with Crippen molar-refractivity contribution in [3.8, 4) is 0 Å². The van der Waals surface area contributed by atoms with E-state index < -0.39 is 0 Å². The summed E-state index contributed by atoms with van der Waals surface area (Å²) in [4.78, 5) is 16.1. The van der Waals surface area contributed by atoms with Crippen LogP contribution < -0.4 is 0 Å². The molecule has 1 aromatic carbocycles. The van der Waals surface area contributed by atoms with E-state index in [2.05, 4.69) is 43.0 Å². The molecule has 1 aliphatic heterocycles. The number of nitrogens with zero attached hydrogens (tertiary/aromatic N) is 2. The molecule has 0 N–H and O–H groups in total. The number of hydrogen-bond acceptors (Lipinski definition) is 2. The van der Waals surface area contributed by atoms with Crippen LogP contribution in [-0.2, 0) is 16.8 Å². The second-order valence-electron chi connectivity index (χ2n) is 8.84. The maximum absolute atomic E-state index is 11.5. The van der Waals surface area contributed by atoms with Gasteiger partial charge in [0.25, 0.3) is 0 Å². The van der Waals surface area contributed by atoms with E-state index in [0.29, 0.717) is 6.04 Å². The third-order valence-electron chi connectivity index (χ3n) is 6.47. The highest BCUT2D eigenvalue weighted by Gasteiger charge is 2.32. The number of carbonyl (C=O) groups is 1. The molecule has 0 bridgehead atoms. The van der Waals surface area contributed by atoms with Gasteiger partial charge in [-0.25, -0.2) is 0 Å². The van der Waals surface area contributed by atoms with Crippen molar-refractivity contribution < 1.29 is 4.79 Å². The molecule has 138 valence electrons. The molecule has 0 radical (unpaired) electrons. The predicted octanol–water partition coefficient (Wildman–Crippen LogP) is 4.21. The molecule has 1 amide bonds. The molecule has 1 fully saturated rings. The van der Waals surface area contributed by atoms with Gasteiger partial charge in [0.15, 0.2) is 0 Å². The highest BCUT2D eigenvalue weighted by Crippen LogP contribution is 2.34. The summed E-state index contributed by atoms with van der Waals surface area (Å²) in [6.07, 6.45) is 6.20. The molecule has 3 nitrogen and oxygen atoms in total. The van der Waals surface area contributed by atoms with Crippen molar-refractivity contribution in [2.24, 2.45) is 5.92 Å². The van der Waals surface area contributed by atoms with Gasteiger partial charge < -0.3 is 4.90 Å². The Balaban J connectivity index is 1.50. The average molecular weight is 343 g/mol. The zero-order valence-corrected chi connectivity index (χ0v) is 16.4. The minimum atomic E-state index is 0.206. The zero-order chi connectivity index (χ0) is 18.0. The molecule has 1 saturated carbocycles. The highest BCUT2D eigenvalue weighted by atomic mass is 16.2. The lowest BCUT2D eigenvalue weighted by molar-refractivity contribution is -0.130. The topological polar surface area (TPSA) is 23.6 Å². The van der Waals surface area contributed by atoms with E-state index >= 15 is 0 Å². The van der Waals surface area contributed by atoms with Gasteiger partial charge in [-0.2, -0.15) is 0 Å². The van der Waals surface area contributed by atoms with E-state index in [1.807, 2.05) is 11.9 Å². The second-order valence-corrected chi connectivity index (χ2v) is 8.84. The third kappa shape index (κ3) is 4.25. The molecule has 1 aromatic rings. The molecular weight excluding hydrogens is 308 g/mol. The van der Waals surface area contributed by atoms with Gasteiger partial charge in [-0.05, 0) is 55.7 Å². The van der Waals surface area contributed by atoms with Gasteiger partial charge in [0.1, 0.15) is 0 Å². The van der Waals surface area contributed by atoms with Crippen LogP contribution in [0.2, 0.25) is 0 Å². The predicted molar refractivity (Wildman–Crippen MR) is 104 cm³/mol. The number of carbonyl (C=O) groups excluding carboxylic acids is 1. The summed E-state index contributed by atoms with van der Waals surface area (Å²) in [6.45, 7) is 9.90. The fourth-order valence-corrected chi connectivity index (χ4v) is 4.86. The van der Waals surface area contributed by atoms with E-state index in [1.165, 1.54) is 49.8 Å². The van der Waals surface area contributed by atoms with Gasteiger partial charge in [-0.15, -0.1) is 0 Å². The Morgan fingerprint density at radius 3 is 2.56 bits per heavy atom. The van der Waals surface area contributed by atoms with Crippen molar-refractivity contribution in [3.05, 3.63) is 35.4 Å². The molecule has 0 unspecified atom stereocenters. The first-order valence-electron chi connectivity index (χ1n) is 9.91. The molecule has 2 aliphatic rings. The van der Waals surface area contributed by atoms with Crippen molar-refractivity contribution in [1.29, 1.82) is 0 Å². The molecule has 0 saturated heterocycles. The minimum absolute atomic E-state index is 0.206. The minimum Gasteiger partial charge on any atom is -0.343 e. The number of fused-ring (bicyclic) bond motifs is 1. The quantitative estimate of drug-likeness (QED) is 0.818. The van der Waals surface area contributed by atoms with E-state index in [9.17, 15) is 4.79 Å². The monoisotopic (exact) mass is 342 g/mol.